The van der Waals surface area contributed by atoms with Gasteiger partial charge in [-0.2, -0.15) is 13.2 Å². The molecule has 0 unspecified atom stereocenters. The predicted octanol–water partition coefficient (Wildman–Crippen LogP) is 3.82. The molecule has 1 aromatic carbocycles. The maximum Gasteiger partial charge on any atom is 0.417 e. The Kier molecular flexibility index (Phi) is 5.39. The van der Waals surface area contributed by atoms with Crippen LogP contribution in [0.5, 0.6) is 0 Å². The topological polar surface area (TPSA) is 29.3 Å². The Balaban J connectivity index is 3.10. The first-order chi connectivity index (χ1) is 9.12. The van der Waals surface area contributed by atoms with E-state index in [4.69, 9.17) is 5.73 Å². The molecule has 112 valence electrons. The van der Waals surface area contributed by atoms with Gasteiger partial charge >= 0.3 is 6.18 Å². The molecule has 0 spiro atoms. The molecule has 0 saturated heterocycles. The third kappa shape index (κ3) is 4.37. The van der Waals surface area contributed by atoms with Gasteiger partial charge in [-0.25, -0.2) is 0 Å². The fraction of sp³-hybridized carbons (Fsp3) is 0.500. The molecule has 2 nitrogen and oxygen atoms in total. The minimum absolute atomic E-state index is 0.131. The van der Waals surface area contributed by atoms with Crippen molar-refractivity contribution in [1.82, 2.24) is 0 Å². The van der Waals surface area contributed by atoms with Crippen LogP contribution in [0.3, 0.4) is 0 Å². The molecule has 0 saturated carbocycles. The van der Waals surface area contributed by atoms with Gasteiger partial charge in [0, 0.05) is 24.8 Å². The van der Waals surface area contributed by atoms with Crippen molar-refractivity contribution >= 4 is 22.9 Å². The molecule has 1 rings (SSSR count). The smallest absolute Gasteiger partial charge is 0.389 e. The number of nitrogens with zero attached hydrogens (tertiary/aromatic N) is 1. The van der Waals surface area contributed by atoms with Crippen molar-refractivity contribution in [2.75, 3.05) is 18.5 Å². The van der Waals surface area contributed by atoms with Gasteiger partial charge in [0.25, 0.3) is 0 Å². The monoisotopic (exact) mass is 304 g/mol. The van der Waals surface area contributed by atoms with Crippen LogP contribution in [0.15, 0.2) is 18.2 Å². The van der Waals surface area contributed by atoms with Crippen molar-refractivity contribution < 1.29 is 13.2 Å². The summed E-state index contributed by atoms with van der Waals surface area (Å²) >= 11 is 4.68. The lowest BCUT2D eigenvalue weighted by Crippen LogP contribution is -2.22. The van der Waals surface area contributed by atoms with Crippen LogP contribution in [0, 0.1) is 5.92 Å². The molecule has 0 aliphatic carbocycles. The van der Waals surface area contributed by atoms with Crippen molar-refractivity contribution in [1.29, 1.82) is 0 Å². The molecule has 20 heavy (non-hydrogen) atoms. The number of anilines is 1. The fourth-order valence-electron chi connectivity index (χ4n) is 1.80. The molecular formula is C14H19F3N2S. The zero-order chi connectivity index (χ0) is 15.5. The zero-order valence-corrected chi connectivity index (χ0v) is 12.6. The first-order valence-corrected chi connectivity index (χ1v) is 6.76. The van der Waals surface area contributed by atoms with Gasteiger partial charge in [0.05, 0.1) is 5.56 Å². The van der Waals surface area contributed by atoms with Crippen molar-refractivity contribution in [2.45, 2.75) is 26.4 Å². The van der Waals surface area contributed by atoms with Gasteiger partial charge < -0.3 is 10.6 Å². The molecule has 2 N–H and O–H groups in total. The SMILES string of the molecule is CC(C)CCN(C)c1ccc(C(N)=S)c(C(F)(F)F)c1. The van der Waals surface area contributed by atoms with E-state index in [9.17, 15) is 13.2 Å². The van der Waals surface area contributed by atoms with Crippen LogP contribution in [0.1, 0.15) is 31.4 Å². The lowest BCUT2D eigenvalue weighted by atomic mass is 10.0. The average Bonchev–Trinajstić information content (AvgIpc) is 2.33. The number of thiocarbonyl (C=S) groups is 1. The molecule has 0 aliphatic rings. The van der Waals surface area contributed by atoms with Gasteiger partial charge in [0.2, 0.25) is 0 Å². The lowest BCUT2D eigenvalue weighted by Gasteiger charge is -2.22. The average molecular weight is 304 g/mol. The summed E-state index contributed by atoms with van der Waals surface area (Å²) in [4.78, 5) is 1.56. The van der Waals surface area contributed by atoms with Crippen LogP contribution < -0.4 is 10.6 Å². The van der Waals surface area contributed by atoms with Gasteiger partial charge in [0.15, 0.2) is 0 Å². The predicted molar refractivity (Wildman–Crippen MR) is 80.1 cm³/mol. The number of benzene rings is 1. The fourth-order valence-corrected chi connectivity index (χ4v) is 1.98. The maximum absolute atomic E-state index is 13.0. The van der Waals surface area contributed by atoms with Crippen LogP contribution in [-0.4, -0.2) is 18.6 Å². The summed E-state index contributed by atoms with van der Waals surface area (Å²) in [6, 6.07) is 4.06. The number of hydrogen-bond donors (Lipinski definition) is 1. The Bertz CT molecular complexity index is 484. The Hall–Kier alpha value is -1.30. The number of rotatable bonds is 5. The quantitative estimate of drug-likeness (QED) is 0.839. The minimum atomic E-state index is -4.46. The molecule has 0 fully saturated rings. The Labute approximate surface area is 122 Å². The summed E-state index contributed by atoms with van der Waals surface area (Å²) in [5, 5.41) is 0. The standard InChI is InChI=1S/C14H19F3N2S/c1-9(2)6-7-19(3)10-4-5-11(13(18)20)12(8-10)14(15,16)17/h4-5,8-9H,6-7H2,1-3H3,(H2,18,20). The van der Waals surface area contributed by atoms with Crippen molar-refractivity contribution in [3.05, 3.63) is 29.3 Å². The van der Waals surface area contributed by atoms with E-state index in [1.807, 2.05) is 0 Å². The van der Waals surface area contributed by atoms with E-state index in [1.165, 1.54) is 6.07 Å². The van der Waals surface area contributed by atoms with Crippen molar-refractivity contribution in [3.8, 4) is 0 Å². The first kappa shape index (κ1) is 16.8. The van der Waals surface area contributed by atoms with Gasteiger partial charge in [-0.15, -0.1) is 0 Å². The van der Waals surface area contributed by atoms with Gasteiger partial charge in [-0.3, -0.25) is 0 Å². The number of halogens is 3. The molecule has 1 aromatic rings. The molecule has 0 radical (unpaired) electrons. The van der Waals surface area contributed by atoms with E-state index in [0.717, 1.165) is 12.5 Å². The van der Waals surface area contributed by atoms with E-state index in [2.05, 4.69) is 26.1 Å². The van der Waals surface area contributed by atoms with E-state index < -0.39 is 11.7 Å². The van der Waals surface area contributed by atoms with E-state index in [0.29, 0.717) is 18.2 Å². The van der Waals surface area contributed by atoms with Gasteiger partial charge in [0.1, 0.15) is 4.99 Å². The molecule has 0 atom stereocenters. The second kappa shape index (κ2) is 6.43. The molecule has 6 heteroatoms. The van der Waals surface area contributed by atoms with Crippen LogP contribution in [-0.2, 0) is 6.18 Å². The van der Waals surface area contributed by atoms with Crippen LogP contribution in [0.2, 0.25) is 0 Å². The van der Waals surface area contributed by atoms with Gasteiger partial charge in [-0.05, 0) is 30.5 Å². The minimum Gasteiger partial charge on any atom is -0.389 e. The zero-order valence-electron chi connectivity index (χ0n) is 11.8. The highest BCUT2D eigenvalue weighted by Gasteiger charge is 2.34. The lowest BCUT2D eigenvalue weighted by molar-refractivity contribution is -0.137. The van der Waals surface area contributed by atoms with Crippen LogP contribution in [0.25, 0.3) is 0 Å². The molecule has 0 aromatic heterocycles. The highest BCUT2D eigenvalue weighted by molar-refractivity contribution is 7.80. The summed E-state index contributed by atoms with van der Waals surface area (Å²) in [6.45, 7) is 4.84. The molecular weight excluding hydrogens is 285 g/mol. The maximum atomic E-state index is 13.0. The summed E-state index contributed by atoms with van der Waals surface area (Å²) in [5.74, 6) is 0.496. The highest BCUT2D eigenvalue weighted by atomic mass is 32.1. The molecule has 0 amide bonds. The van der Waals surface area contributed by atoms with E-state index >= 15 is 0 Å². The summed E-state index contributed by atoms with van der Waals surface area (Å²) < 4.78 is 39.1. The summed E-state index contributed by atoms with van der Waals surface area (Å²) in [7, 11) is 1.78. The Morgan fingerprint density at radius 1 is 1.35 bits per heavy atom. The summed E-state index contributed by atoms with van der Waals surface area (Å²) in [6.07, 6.45) is -3.55. The second-order valence-electron chi connectivity index (χ2n) is 5.20. The number of nitrogens with two attached hydrogens (primary N) is 1. The van der Waals surface area contributed by atoms with Crippen molar-refractivity contribution in [3.63, 3.8) is 0 Å². The third-order valence-corrected chi connectivity index (χ3v) is 3.28. The first-order valence-electron chi connectivity index (χ1n) is 6.35. The molecule has 0 aliphatic heterocycles. The van der Waals surface area contributed by atoms with Gasteiger partial charge in [-0.1, -0.05) is 26.1 Å². The van der Waals surface area contributed by atoms with Crippen LogP contribution in [0.4, 0.5) is 18.9 Å². The second-order valence-corrected chi connectivity index (χ2v) is 5.64. The Morgan fingerprint density at radius 2 is 1.95 bits per heavy atom. The van der Waals surface area contributed by atoms with E-state index in [-0.39, 0.29) is 10.6 Å². The third-order valence-electron chi connectivity index (χ3n) is 3.06. The summed E-state index contributed by atoms with van der Waals surface area (Å²) in [5.41, 5.74) is 4.96. The van der Waals surface area contributed by atoms with E-state index in [1.54, 1.807) is 18.0 Å². The largest absolute Gasteiger partial charge is 0.417 e. The molecule has 0 bridgehead atoms. The number of alkyl halides is 3. The Morgan fingerprint density at radius 3 is 2.40 bits per heavy atom. The van der Waals surface area contributed by atoms with Crippen molar-refractivity contribution in [2.24, 2.45) is 11.7 Å². The normalized spacial score (nSPS) is 11.8. The number of hydrogen-bond acceptors (Lipinski definition) is 2. The highest BCUT2D eigenvalue weighted by Crippen LogP contribution is 2.34. The van der Waals surface area contributed by atoms with Crippen LogP contribution >= 0.6 is 12.2 Å². The molecule has 0 heterocycles.